The van der Waals surface area contributed by atoms with Crippen LogP contribution in [0.5, 0.6) is 0 Å². The Morgan fingerprint density at radius 1 is 1.35 bits per heavy atom. The van der Waals surface area contributed by atoms with E-state index in [0.717, 1.165) is 13.3 Å². The molecule has 0 radical (unpaired) electrons. The number of carbonyl (C=O) groups is 2. The smallest absolute Gasteiger partial charge is 0.230 e. The summed E-state index contributed by atoms with van der Waals surface area (Å²) in [6, 6.07) is 2.67. The number of nitrogens with one attached hydrogen (secondary N) is 1. The maximum Gasteiger partial charge on any atom is 0.230 e. The van der Waals surface area contributed by atoms with Gasteiger partial charge in [-0.15, -0.1) is 0 Å². The maximum absolute atomic E-state index is 14.0. The van der Waals surface area contributed by atoms with E-state index in [1.807, 2.05) is 0 Å². The van der Waals surface area contributed by atoms with Crippen LogP contribution in [0.15, 0.2) is 29.2 Å². The van der Waals surface area contributed by atoms with Crippen LogP contribution in [0.2, 0.25) is 0 Å². The summed E-state index contributed by atoms with van der Waals surface area (Å²) in [5.41, 5.74) is 0.823. The monoisotopic (exact) mass is 273 g/mol. The largest absolute Gasteiger partial charge is 0.360 e. The molecule has 0 aliphatic carbocycles. The first-order valence-electron chi connectivity index (χ1n) is 5.71. The molecule has 0 unspecified atom stereocenters. The molecule has 0 amide bonds. The SMILES string of the molecule is CC(=O)C(=O)c1c[nH]c2c(-c3ncon3)ccc(F)c12. The fourth-order valence-electron chi connectivity index (χ4n) is 2.05. The predicted octanol–water partition coefficient (Wildman–Crippen LogP) is 2.13. The van der Waals surface area contributed by atoms with Crippen LogP contribution in [-0.4, -0.2) is 26.7 Å². The lowest BCUT2D eigenvalue weighted by atomic mass is 10.0. The van der Waals surface area contributed by atoms with Crippen LogP contribution in [0.4, 0.5) is 4.39 Å². The zero-order valence-electron chi connectivity index (χ0n) is 10.3. The van der Waals surface area contributed by atoms with Gasteiger partial charge in [-0.3, -0.25) is 9.59 Å². The third kappa shape index (κ3) is 1.71. The Hall–Kier alpha value is -2.83. The van der Waals surface area contributed by atoms with Crippen LogP contribution in [0.25, 0.3) is 22.3 Å². The summed E-state index contributed by atoms with van der Waals surface area (Å²) in [4.78, 5) is 29.6. The molecule has 20 heavy (non-hydrogen) atoms. The fraction of sp³-hybridized carbons (Fsp3) is 0.0769. The Bertz CT molecular complexity index is 821. The third-order valence-electron chi connectivity index (χ3n) is 2.95. The van der Waals surface area contributed by atoms with Crippen LogP contribution in [0, 0.1) is 5.82 Å². The summed E-state index contributed by atoms with van der Waals surface area (Å²) in [6.45, 7) is 1.14. The van der Waals surface area contributed by atoms with Crippen LogP contribution >= 0.6 is 0 Å². The molecule has 2 aromatic heterocycles. The third-order valence-corrected chi connectivity index (χ3v) is 2.95. The number of aromatic amines is 1. The molecule has 0 saturated carbocycles. The molecular weight excluding hydrogens is 265 g/mol. The molecular formula is C13H8FN3O3. The second kappa shape index (κ2) is 4.37. The molecule has 0 spiro atoms. The highest BCUT2D eigenvalue weighted by Crippen LogP contribution is 2.30. The van der Waals surface area contributed by atoms with Gasteiger partial charge in [0.2, 0.25) is 18.0 Å². The lowest BCUT2D eigenvalue weighted by Crippen LogP contribution is -2.09. The van der Waals surface area contributed by atoms with E-state index in [9.17, 15) is 14.0 Å². The number of H-pyrrole nitrogens is 1. The zero-order valence-corrected chi connectivity index (χ0v) is 10.3. The van der Waals surface area contributed by atoms with Crippen molar-refractivity contribution in [2.45, 2.75) is 6.92 Å². The Balaban J connectivity index is 2.31. The van der Waals surface area contributed by atoms with Crippen LogP contribution in [0.3, 0.4) is 0 Å². The maximum atomic E-state index is 14.0. The number of Topliss-reactive ketones (excluding diaryl/α,β-unsaturated/α-hetero) is 2. The number of carbonyl (C=O) groups excluding carboxylic acids is 2. The number of hydrogen-bond donors (Lipinski definition) is 1. The number of hydrogen-bond acceptors (Lipinski definition) is 5. The topological polar surface area (TPSA) is 88.9 Å². The highest BCUT2D eigenvalue weighted by molar-refractivity contribution is 6.45. The predicted molar refractivity (Wildman–Crippen MR) is 66.6 cm³/mol. The average molecular weight is 273 g/mol. The van der Waals surface area contributed by atoms with Gasteiger partial charge in [-0.25, -0.2) is 4.39 Å². The number of fused-ring (bicyclic) bond motifs is 1. The van der Waals surface area contributed by atoms with Crippen molar-refractivity contribution in [3.63, 3.8) is 0 Å². The standard InChI is InChI=1S/C13H8FN3O3/c1-6(18)12(19)8-4-15-11-7(13-16-5-20-17-13)2-3-9(14)10(8)11/h2-5,15H,1H3. The van der Waals surface area contributed by atoms with Crippen LogP contribution in [0.1, 0.15) is 17.3 Å². The minimum atomic E-state index is -0.750. The van der Waals surface area contributed by atoms with Crippen LogP contribution in [-0.2, 0) is 4.79 Å². The normalized spacial score (nSPS) is 10.9. The fourth-order valence-corrected chi connectivity index (χ4v) is 2.05. The number of halogens is 1. The number of aromatic nitrogens is 3. The van der Waals surface area contributed by atoms with E-state index in [2.05, 4.69) is 19.6 Å². The quantitative estimate of drug-likeness (QED) is 0.583. The van der Waals surface area contributed by atoms with E-state index >= 15 is 0 Å². The van der Waals surface area contributed by atoms with Crippen molar-refractivity contribution < 1.29 is 18.5 Å². The Morgan fingerprint density at radius 2 is 2.15 bits per heavy atom. The number of benzene rings is 1. The van der Waals surface area contributed by atoms with E-state index in [0.29, 0.717) is 11.1 Å². The number of ketones is 2. The molecule has 0 bridgehead atoms. The second-order valence-electron chi connectivity index (χ2n) is 4.19. The van der Waals surface area contributed by atoms with E-state index < -0.39 is 17.4 Å². The highest BCUT2D eigenvalue weighted by atomic mass is 19.1. The van der Waals surface area contributed by atoms with Crippen molar-refractivity contribution >= 4 is 22.5 Å². The molecule has 0 fully saturated rings. The molecule has 7 heteroatoms. The first-order valence-corrected chi connectivity index (χ1v) is 5.71. The Kier molecular flexibility index (Phi) is 2.67. The van der Waals surface area contributed by atoms with Crippen molar-refractivity contribution in [2.75, 3.05) is 0 Å². The molecule has 2 heterocycles. The van der Waals surface area contributed by atoms with Gasteiger partial charge >= 0.3 is 0 Å². The summed E-state index contributed by atoms with van der Waals surface area (Å²) in [7, 11) is 0. The van der Waals surface area contributed by atoms with Gasteiger partial charge in [-0.1, -0.05) is 5.16 Å². The van der Waals surface area contributed by atoms with Gasteiger partial charge in [0.05, 0.1) is 11.1 Å². The van der Waals surface area contributed by atoms with Gasteiger partial charge in [0.1, 0.15) is 5.82 Å². The molecule has 3 aromatic rings. The summed E-state index contributed by atoms with van der Waals surface area (Å²) in [5, 5.41) is 3.72. The lowest BCUT2D eigenvalue weighted by molar-refractivity contribution is -0.113. The molecule has 0 saturated heterocycles. The Labute approximate surface area is 111 Å². The van der Waals surface area contributed by atoms with Crippen molar-refractivity contribution in [3.8, 4) is 11.4 Å². The van der Waals surface area contributed by atoms with E-state index in [4.69, 9.17) is 0 Å². The van der Waals surface area contributed by atoms with Gasteiger partial charge in [0, 0.05) is 24.1 Å². The Morgan fingerprint density at radius 3 is 2.80 bits per heavy atom. The number of nitrogens with zero attached hydrogens (tertiary/aromatic N) is 2. The van der Waals surface area contributed by atoms with E-state index in [-0.39, 0.29) is 16.8 Å². The molecule has 0 aliphatic heterocycles. The van der Waals surface area contributed by atoms with E-state index in [1.165, 1.54) is 18.3 Å². The molecule has 0 atom stereocenters. The summed E-state index contributed by atoms with van der Waals surface area (Å²) < 4.78 is 18.6. The lowest BCUT2D eigenvalue weighted by Gasteiger charge is -2.01. The molecule has 1 N–H and O–H groups in total. The average Bonchev–Trinajstić information content (AvgIpc) is 3.07. The first kappa shape index (κ1) is 12.2. The molecule has 6 nitrogen and oxygen atoms in total. The van der Waals surface area contributed by atoms with Crippen molar-refractivity contribution in [1.29, 1.82) is 0 Å². The van der Waals surface area contributed by atoms with Crippen molar-refractivity contribution in [1.82, 2.24) is 15.1 Å². The second-order valence-corrected chi connectivity index (χ2v) is 4.19. The first-order chi connectivity index (χ1) is 9.59. The number of rotatable bonds is 3. The van der Waals surface area contributed by atoms with Gasteiger partial charge in [-0.05, 0) is 12.1 Å². The summed E-state index contributed by atoms with van der Waals surface area (Å²) >= 11 is 0. The molecule has 1 aromatic carbocycles. The summed E-state index contributed by atoms with van der Waals surface area (Å²) in [5.74, 6) is -1.74. The molecule has 0 aliphatic rings. The van der Waals surface area contributed by atoms with Gasteiger partial charge in [0.25, 0.3) is 0 Å². The molecule has 3 rings (SSSR count). The van der Waals surface area contributed by atoms with Crippen molar-refractivity contribution in [3.05, 3.63) is 36.1 Å². The van der Waals surface area contributed by atoms with E-state index in [1.54, 1.807) is 0 Å². The van der Waals surface area contributed by atoms with Crippen molar-refractivity contribution in [2.24, 2.45) is 0 Å². The summed E-state index contributed by atoms with van der Waals surface area (Å²) in [6.07, 6.45) is 2.45. The van der Waals surface area contributed by atoms with Gasteiger partial charge in [-0.2, -0.15) is 4.98 Å². The highest BCUT2D eigenvalue weighted by Gasteiger charge is 2.21. The van der Waals surface area contributed by atoms with Gasteiger partial charge in [0.15, 0.2) is 5.78 Å². The minimum absolute atomic E-state index is 0.00431. The van der Waals surface area contributed by atoms with Crippen LogP contribution < -0.4 is 0 Å². The molecule has 100 valence electrons. The minimum Gasteiger partial charge on any atom is -0.360 e. The van der Waals surface area contributed by atoms with Gasteiger partial charge < -0.3 is 9.51 Å². The zero-order chi connectivity index (χ0) is 14.3.